The van der Waals surface area contributed by atoms with Crippen LogP contribution in [-0.4, -0.2) is 71.6 Å². The molecule has 0 aliphatic carbocycles. The molecule has 132 valence electrons. The normalized spacial score (nSPS) is 20.3. The molecule has 23 heavy (non-hydrogen) atoms. The molecule has 3 atom stereocenters. The Kier molecular flexibility index (Phi) is 7.00. The van der Waals surface area contributed by atoms with Crippen LogP contribution in [0, 0.1) is 5.92 Å². The first-order valence-electron chi connectivity index (χ1n) is 8.03. The van der Waals surface area contributed by atoms with E-state index < -0.39 is 30.1 Å². The van der Waals surface area contributed by atoms with Gasteiger partial charge in [-0.15, -0.1) is 0 Å². The third-order valence-corrected chi connectivity index (χ3v) is 4.16. The highest BCUT2D eigenvalue weighted by Gasteiger charge is 2.39. The van der Waals surface area contributed by atoms with Crippen molar-refractivity contribution in [3.8, 4) is 0 Å². The molecule has 0 aromatic carbocycles. The van der Waals surface area contributed by atoms with E-state index in [0.29, 0.717) is 25.8 Å². The molecule has 0 bridgehead atoms. The Morgan fingerprint density at radius 3 is 2.39 bits per heavy atom. The molecule has 7 heteroatoms. The lowest BCUT2D eigenvalue weighted by Crippen LogP contribution is -2.53. The highest BCUT2D eigenvalue weighted by atomic mass is 16.5. The maximum Gasteiger partial charge on any atom is 0.328 e. The molecule has 0 aromatic heterocycles. The number of esters is 1. The van der Waals surface area contributed by atoms with Gasteiger partial charge in [-0.1, -0.05) is 13.8 Å². The Morgan fingerprint density at radius 1 is 1.30 bits per heavy atom. The van der Waals surface area contributed by atoms with Crippen LogP contribution in [0.1, 0.15) is 40.0 Å². The predicted molar refractivity (Wildman–Crippen MR) is 84.4 cm³/mol. The lowest BCUT2D eigenvalue weighted by Gasteiger charge is -2.33. The minimum atomic E-state index is -1.14. The number of aliphatic hydroxyl groups excluding tert-OH is 1. The van der Waals surface area contributed by atoms with Gasteiger partial charge in [-0.25, -0.2) is 4.79 Å². The standard InChI is InChI=1S/C16H28N2O5/c1-10(2)9-13(16(22)23-5)17(4)15(21)12-7-6-8-18(12)14(20)11(3)19/h10-13,19H,6-9H2,1-5H3/t11-,12-,13+/m0/s1. The Bertz CT molecular complexity index is 450. The zero-order valence-electron chi connectivity index (χ0n) is 14.6. The van der Waals surface area contributed by atoms with Gasteiger partial charge in [-0.3, -0.25) is 9.59 Å². The van der Waals surface area contributed by atoms with Gasteiger partial charge in [0.2, 0.25) is 5.91 Å². The van der Waals surface area contributed by atoms with Crippen molar-refractivity contribution in [1.82, 2.24) is 9.80 Å². The summed E-state index contributed by atoms with van der Waals surface area (Å²) in [7, 11) is 2.86. The van der Waals surface area contributed by atoms with Crippen molar-refractivity contribution in [3.05, 3.63) is 0 Å². The van der Waals surface area contributed by atoms with Crippen molar-refractivity contribution in [2.24, 2.45) is 5.92 Å². The summed E-state index contributed by atoms with van der Waals surface area (Å²) in [6.45, 7) is 5.77. The highest BCUT2D eigenvalue weighted by molar-refractivity contribution is 5.92. The molecule has 2 amide bonds. The highest BCUT2D eigenvalue weighted by Crippen LogP contribution is 2.22. The average Bonchev–Trinajstić information content (AvgIpc) is 2.98. The minimum absolute atomic E-state index is 0.216. The van der Waals surface area contributed by atoms with Gasteiger partial charge < -0.3 is 19.6 Å². The molecular weight excluding hydrogens is 300 g/mol. The Balaban J connectivity index is 2.91. The number of hydrogen-bond acceptors (Lipinski definition) is 5. The van der Waals surface area contributed by atoms with Gasteiger partial charge in [0.15, 0.2) is 0 Å². The van der Waals surface area contributed by atoms with Crippen LogP contribution in [0.5, 0.6) is 0 Å². The summed E-state index contributed by atoms with van der Waals surface area (Å²) >= 11 is 0. The molecule has 0 aromatic rings. The van der Waals surface area contributed by atoms with E-state index in [-0.39, 0.29) is 11.8 Å². The smallest absolute Gasteiger partial charge is 0.328 e. The second-order valence-electron chi connectivity index (χ2n) is 6.48. The van der Waals surface area contributed by atoms with Crippen LogP contribution in [0.2, 0.25) is 0 Å². The van der Waals surface area contributed by atoms with Crippen molar-refractivity contribution in [3.63, 3.8) is 0 Å². The zero-order valence-corrected chi connectivity index (χ0v) is 14.6. The van der Waals surface area contributed by atoms with Gasteiger partial charge in [0, 0.05) is 13.6 Å². The maximum atomic E-state index is 12.8. The SMILES string of the molecule is COC(=O)[C@@H](CC(C)C)N(C)C(=O)[C@@H]1CCCN1C(=O)[C@H](C)O. The first-order chi connectivity index (χ1) is 10.7. The Hall–Kier alpha value is -1.63. The number of nitrogens with zero attached hydrogens (tertiary/aromatic N) is 2. The molecule has 1 N–H and O–H groups in total. The summed E-state index contributed by atoms with van der Waals surface area (Å²) in [6.07, 6.45) is 0.597. The average molecular weight is 328 g/mol. The number of carbonyl (C=O) groups excluding carboxylic acids is 3. The first-order valence-corrected chi connectivity index (χ1v) is 8.03. The fourth-order valence-electron chi connectivity index (χ4n) is 2.91. The van der Waals surface area contributed by atoms with Crippen LogP contribution in [0.3, 0.4) is 0 Å². The third kappa shape index (κ3) is 4.67. The van der Waals surface area contributed by atoms with E-state index >= 15 is 0 Å². The molecule has 1 saturated heterocycles. The van der Waals surface area contributed by atoms with Gasteiger partial charge in [0.1, 0.15) is 18.2 Å². The molecule has 0 unspecified atom stereocenters. The van der Waals surface area contributed by atoms with Crippen molar-refractivity contribution in [2.75, 3.05) is 20.7 Å². The quantitative estimate of drug-likeness (QED) is 0.713. The zero-order chi connectivity index (χ0) is 17.7. The summed E-state index contributed by atoms with van der Waals surface area (Å²) in [4.78, 5) is 39.6. The molecule has 1 rings (SSSR count). The van der Waals surface area contributed by atoms with Gasteiger partial charge in [0.05, 0.1) is 7.11 Å². The molecule has 1 aliphatic heterocycles. The Labute approximate surface area is 137 Å². The lowest BCUT2D eigenvalue weighted by molar-refractivity contribution is -0.156. The van der Waals surface area contributed by atoms with Crippen LogP contribution >= 0.6 is 0 Å². The second-order valence-corrected chi connectivity index (χ2v) is 6.48. The van der Waals surface area contributed by atoms with Crippen molar-refractivity contribution in [2.45, 2.75) is 58.2 Å². The van der Waals surface area contributed by atoms with Gasteiger partial charge in [0.25, 0.3) is 5.91 Å². The van der Waals surface area contributed by atoms with Crippen LogP contribution in [0.4, 0.5) is 0 Å². The van der Waals surface area contributed by atoms with E-state index in [0.717, 1.165) is 0 Å². The Morgan fingerprint density at radius 2 is 1.91 bits per heavy atom. The number of hydrogen-bond donors (Lipinski definition) is 1. The van der Waals surface area contributed by atoms with Crippen molar-refractivity contribution < 1.29 is 24.2 Å². The van der Waals surface area contributed by atoms with Gasteiger partial charge in [-0.2, -0.15) is 0 Å². The lowest BCUT2D eigenvalue weighted by atomic mass is 10.0. The first kappa shape index (κ1) is 19.4. The summed E-state index contributed by atoms with van der Waals surface area (Å²) < 4.78 is 4.81. The van der Waals surface area contributed by atoms with E-state index in [1.807, 2.05) is 13.8 Å². The molecule has 7 nitrogen and oxygen atoms in total. The fraction of sp³-hybridized carbons (Fsp3) is 0.812. The van der Waals surface area contributed by atoms with Crippen molar-refractivity contribution >= 4 is 17.8 Å². The summed E-state index contributed by atoms with van der Waals surface area (Å²) in [5.41, 5.74) is 0. The number of carbonyl (C=O) groups is 3. The minimum Gasteiger partial charge on any atom is -0.467 e. The van der Waals surface area contributed by atoms with E-state index in [1.165, 1.54) is 23.8 Å². The van der Waals surface area contributed by atoms with E-state index in [9.17, 15) is 19.5 Å². The number of amides is 2. The number of likely N-dealkylation sites (N-methyl/N-ethyl adjacent to an activating group) is 1. The van der Waals surface area contributed by atoms with Gasteiger partial charge >= 0.3 is 5.97 Å². The van der Waals surface area contributed by atoms with Crippen molar-refractivity contribution in [1.29, 1.82) is 0 Å². The summed E-state index contributed by atoms with van der Waals surface area (Å²) in [6, 6.07) is -1.29. The monoisotopic (exact) mass is 328 g/mol. The molecule has 1 heterocycles. The number of ether oxygens (including phenoxy) is 1. The third-order valence-electron chi connectivity index (χ3n) is 4.16. The van der Waals surface area contributed by atoms with Crippen LogP contribution in [-0.2, 0) is 19.1 Å². The molecule has 0 saturated carbocycles. The maximum absolute atomic E-state index is 12.8. The molecule has 0 radical (unpaired) electrons. The van der Waals surface area contributed by atoms with E-state index in [1.54, 1.807) is 7.05 Å². The summed E-state index contributed by atoms with van der Waals surface area (Å²) in [5.74, 6) is -0.977. The van der Waals surface area contributed by atoms with Crippen LogP contribution in [0.25, 0.3) is 0 Å². The largest absolute Gasteiger partial charge is 0.467 e. The van der Waals surface area contributed by atoms with E-state index in [4.69, 9.17) is 4.74 Å². The van der Waals surface area contributed by atoms with E-state index in [2.05, 4.69) is 0 Å². The topological polar surface area (TPSA) is 87.2 Å². The molecule has 0 spiro atoms. The predicted octanol–water partition coefficient (Wildman–Crippen LogP) is 0.404. The number of likely N-dealkylation sites (tertiary alicyclic amines) is 1. The van der Waals surface area contributed by atoms with Crippen LogP contribution in [0.15, 0.2) is 0 Å². The fourth-order valence-corrected chi connectivity index (χ4v) is 2.91. The second kappa shape index (κ2) is 8.29. The van der Waals surface area contributed by atoms with Crippen LogP contribution < -0.4 is 0 Å². The summed E-state index contributed by atoms with van der Waals surface area (Å²) in [5, 5.41) is 9.48. The molecular formula is C16H28N2O5. The molecule has 1 aliphatic rings. The number of methoxy groups -OCH3 is 1. The number of rotatable bonds is 6. The number of aliphatic hydroxyl groups is 1. The molecule has 1 fully saturated rings. The van der Waals surface area contributed by atoms with Gasteiger partial charge in [-0.05, 0) is 32.1 Å².